The molecule has 0 fully saturated rings. The van der Waals surface area contributed by atoms with Crippen LogP contribution in [0.4, 0.5) is 0 Å². The van der Waals surface area contributed by atoms with Crippen LogP contribution in [-0.4, -0.2) is 25.0 Å². The van der Waals surface area contributed by atoms with Crippen molar-refractivity contribution in [2.45, 2.75) is 46.1 Å². The van der Waals surface area contributed by atoms with Gasteiger partial charge in [0.25, 0.3) is 0 Å². The SMILES string of the molecule is CCC(CC)NC(=O)CNCCc1cccc(C)c1. The van der Waals surface area contributed by atoms with Crippen molar-refractivity contribution in [2.24, 2.45) is 0 Å². The first-order valence-corrected chi connectivity index (χ1v) is 7.21. The minimum Gasteiger partial charge on any atom is -0.352 e. The molecule has 3 nitrogen and oxygen atoms in total. The molecule has 0 radical (unpaired) electrons. The number of amides is 1. The van der Waals surface area contributed by atoms with Crippen LogP contribution in [-0.2, 0) is 11.2 Å². The monoisotopic (exact) mass is 262 g/mol. The molecule has 1 aromatic carbocycles. The number of hydrogen-bond acceptors (Lipinski definition) is 2. The number of rotatable bonds is 8. The number of carbonyl (C=O) groups is 1. The third-order valence-electron chi connectivity index (χ3n) is 3.31. The van der Waals surface area contributed by atoms with Crippen molar-refractivity contribution < 1.29 is 4.79 Å². The first-order valence-electron chi connectivity index (χ1n) is 7.21. The molecule has 0 unspecified atom stereocenters. The van der Waals surface area contributed by atoms with E-state index in [4.69, 9.17) is 0 Å². The maximum Gasteiger partial charge on any atom is 0.234 e. The molecule has 0 aliphatic carbocycles. The van der Waals surface area contributed by atoms with Crippen LogP contribution in [0, 0.1) is 6.92 Å². The zero-order chi connectivity index (χ0) is 14.1. The highest BCUT2D eigenvalue weighted by Gasteiger charge is 2.07. The summed E-state index contributed by atoms with van der Waals surface area (Å²) in [6, 6.07) is 8.79. The number of carbonyl (C=O) groups excluding carboxylic acids is 1. The van der Waals surface area contributed by atoms with Crippen molar-refractivity contribution in [3.05, 3.63) is 35.4 Å². The van der Waals surface area contributed by atoms with E-state index in [9.17, 15) is 4.79 Å². The third kappa shape index (κ3) is 6.39. The Morgan fingerprint density at radius 2 is 2.00 bits per heavy atom. The van der Waals surface area contributed by atoms with Crippen LogP contribution in [0.1, 0.15) is 37.8 Å². The standard InChI is InChI=1S/C16H26N2O/c1-4-15(5-2)18-16(19)12-17-10-9-14-8-6-7-13(3)11-14/h6-8,11,15,17H,4-5,9-10,12H2,1-3H3,(H,18,19). The van der Waals surface area contributed by atoms with E-state index in [2.05, 4.69) is 55.7 Å². The van der Waals surface area contributed by atoms with Gasteiger partial charge in [0.05, 0.1) is 6.54 Å². The Hall–Kier alpha value is -1.35. The lowest BCUT2D eigenvalue weighted by Crippen LogP contribution is -2.40. The predicted octanol–water partition coefficient (Wildman–Crippen LogP) is 2.43. The highest BCUT2D eigenvalue weighted by Crippen LogP contribution is 2.03. The summed E-state index contributed by atoms with van der Waals surface area (Å²) in [6.45, 7) is 7.53. The van der Waals surface area contributed by atoms with Crippen LogP contribution in [0.5, 0.6) is 0 Å². The van der Waals surface area contributed by atoms with E-state index in [1.807, 2.05) is 0 Å². The van der Waals surface area contributed by atoms with Gasteiger partial charge in [-0.05, 0) is 38.3 Å². The Kier molecular flexibility index (Phi) is 7.19. The molecule has 1 amide bonds. The van der Waals surface area contributed by atoms with E-state index in [0.717, 1.165) is 25.8 Å². The van der Waals surface area contributed by atoms with Crippen LogP contribution < -0.4 is 10.6 Å². The number of aryl methyl sites for hydroxylation is 1. The highest BCUT2D eigenvalue weighted by molar-refractivity contribution is 5.78. The van der Waals surface area contributed by atoms with E-state index < -0.39 is 0 Å². The molecular weight excluding hydrogens is 236 g/mol. The van der Waals surface area contributed by atoms with Gasteiger partial charge in [-0.25, -0.2) is 0 Å². The second-order valence-corrected chi connectivity index (χ2v) is 5.00. The van der Waals surface area contributed by atoms with Gasteiger partial charge in [-0.2, -0.15) is 0 Å². The molecule has 0 atom stereocenters. The summed E-state index contributed by atoms with van der Waals surface area (Å²) in [7, 11) is 0. The summed E-state index contributed by atoms with van der Waals surface area (Å²) in [5.41, 5.74) is 2.59. The smallest absolute Gasteiger partial charge is 0.234 e. The molecule has 0 spiro atoms. The zero-order valence-corrected chi connectivity index (χ0v) is 12.3. The van der Waals surface area contributed by atoms with Gasteiger partial charge in [-0.3, -0.25) is 4.79 Å². The molecule has 106 valence electrons. The maximum atomic E-state index is 11.7. The molecule has 2 N–H and O–H groups in total. The van der Waals surface area contributed by atoms with Gasteiger partial charge in [0, 0.05) is 6.04 Å². The predicted molar refractivity (Wildman–Crippen MR) is 80.3 cm³/mol. The Balaban J connectivity index is 2.18. The Morgan fingerprint density at radius 3 is 2.63 bits per heavy atom. The fraction of sp³-hybridized carbons (Fsp3) is 0.562. The molecule has 0 saturated heterocycles. The lowest BCUT2D eigenvalue weighted by Gasteiger charge is -2.14. The highest BCUT2D eigenvalue weighted by atomic mass is 16.1. The molecule has 19 heavy (non-hydrogen) atoms. The summed E-state index contributed by atoms with van der Waals surface area (Å²) in [5.74, 6) is 0.0953. The second-order valence-electron chi connectivity index (χ2n) is 5.00. The summed E-state index contributed by atoms with van der Waals surface area (Å²) < 4.78 is 0. The number of nitrogens with one attached hydrogen (secondary N) is 2. The molecule has 0 bridgehead atoms. The zero-order valence-electron chi connectivity index (χ0n) is 12.3. The average Bonchev–Trinajstić information content (AvgIpc) is 2.41. The minimum absolute atomic E-state index is 0.0953. The van der Waals surface area contributed by atoms with Crippen molar-refractivity contribution in [3.63, 3.8) is 0 Å². The van der Waals surface area contributed by atoms with E-state index in [0.29, 0.717) is 12.6 Å². The van der Waals surface area contributed by atoms with Crippen molar-refractivity contribution in [1.82, 2.24) is 10.6 Å². The van der Waals surface area contributed by atoms with Gasteiger partial charge in [0.15, 0.2) is 0 Å². The topological polar surface area (TPSA) is 41.1 Å². The summed E-state index contributed by atoms with van der Waals surface area (Å²) in [5, 5.41) is 6.22. The fourth-order valence-electron chi connectivity index (χ4n) is 2.07. The van der Waals surface area contributed by atoms with Crippen molar-refractivity contribution in [2.75, 3.05) is 13.1 Å². The first kappa shape index (κ1) is 15.7. The van der Waals surface area contributed by atoms with Crippen LogP contribution in [0.2, 0.25) is 0 Å². The number of hydrogen-bond donors (Lipinski definition) is 2. The molecule has 0 aliphatic rings. The fourth-order valence-corrected chi connectivity index (χ4v) is 2.07. The molecule has 3 heteroatoms. The average molecular weight is 262 g/mol. The molecular formula is C16H26N2O. The Labute approximate surface area is 116 Å². The lowest BCUT2D eigenvalue weighted by atomic mass is 10.1. The van der Waals surface area contributed by atoms with Gasteiger partial charge < -0.3 is 10.6 Å². The Bertz CT molecular complexity index is 386. The third-order valence-corrected chi connectivity index (χ3v) is 3.31. The van der Waals surface area contributed by atoms with E-state index in [-0.39, 0.29) is 5.91 Å². The van der Waals surface area contributed by atoms with Gasteiger partial charge in [0.2, 0.25) is 5.91 Å². The molecule has 1 rings (SSSR count). The van der Waals surface area contributed by atoms with Gasteiger partial charge in [-0.1, -0.05) is 43.7 Å². The van der Waals surface area contributed by atoms with Crippen molar-refractivity contribution in [1.29, 1.82) is 0 Å². The molecule has 0 saturated carbocycles. The second kappa shape index (κ2) is 8.70. The van der Waals surface area contributed by atoms with Crippen molar-refractivity contribution in [3.8, 4) is 0 Å². The Morgan fingerprint density at radius 1 is 1.26 bits per heavy atom. The van der Waals surface area contributed by atoms with E-state index >= 15 is 0 Å². The largest absolute Gasteiger partial charge is 0.352 e. The first-order chi connectivity index (χ1) is 9.15. The summed E-state index contributed by atoms with van der Waals surface area (Å²) in [6.07, 6.45) is 2.94. The van der Waals surface area contributed by atoms with Crippen LogP contribution in [0.15, 0.2) is 24.3 Å². The van der Waals surface area contributed by atoms with Gasteiger partial charge in [0.1, 0.15) is 0 Å². The van der Waals surface area contributed by atoms with Crippen LogP contribution in [0.25, 0.3) is 0 Å². The van der Waals surface area contributed by atoms with Crippen LogP contribution in [0.3, 0.4) is 0 Å². The van der Waals surface area contributed by atoms with Crippen LogP contribution >= 0.6 is 0 Å². The summed E-state index contributed by atoms with van der Waals surface area (Å²) in [4.78, 5) is 11.7. The quantitative estimate of drug-likeness (QED) is 0.707. The van der Waals surface area contributed by atoms with E-state index in [1.54, 1.807) is 0 Å². The normalized spacial score (nSPS) is 10.7. The molecule has 0 aromatic heterocycles. The van der Waals surface area contributed by atoms with E-state index in [1.165, 1.54) is 11.1 Å². The molecule has 1 aromatic rings. The van der Waals surface area contributed by atoms with Gasteiger partial charge in [-0.15, -0.1) is 0 Å². The lowest BCUT2D eigenvalue weighted by molar-refractivity contribution is -0.121. The number of benzene rings is 1. The maximum absolute atomic E-state index is 11.7. The van der Waals surface area contributed by atoms with Gasteiger partial charge >= 0.3 is 0 Å². The molecule has 0 aliphatic heterocycles. The summed E-state index contributed by atoms with van der Waals surface area (Å²) >= 11 is 0. The molecule has 0 heterocycles. The minimum atomic E-state index is 0.0953. The van der Waals surface area contributed by atoms with Crippen molar-refractivity contribution >= 4 is 5.91 Å².